The highest BCUT2D eigenvalue weighted by Crippen LogP contribution is 2.37. The van der Waals surface area contributed by atoms with E-state index in [0.717, 1.165) is 31.0 Å². The minimum atomic E-state index is -3.47. The second kappa shape index (κ2) is 9.16. The van der Waals surface area contributed by atoms with Gasteiger partial charge in [0.2, 0.25) is 15.9 Å². The van der Waals surface area contributed by atoms with Crippen molar-refractivity contribution in [3.05, 3.63) is 47.7 Å². The number of hydrogen-bond acceptors (Lipinski definition) is 7. The van der Waals surface area contributed by atoms with E-state index < -0.39 is 21.9 Å². The van der Waals surface area contributed by atoms with Crippen LogP contribution in [-0.4, -0.2) is 49.8 Å². The van der Waals surface area contributed by atoms with Gasteiger partial charge in [-0.1, -0.05) is 20.8 Å². The molecule has 1 unspecified atom stereocenters. The van der Waals surface area contributed by atoms with E-state index in [9.17, 15) is 12.8 Å². The summed E-state index contributed by atoms with van der Waals surface area (Å²) in [6, 6.07) is 4.79. The predicted octanol–water partition coefficient (Wildman–Crippen LogP) is 3.34. The number of hydrogen-bond donors (Lipinski definition) is 2. The predicted molar refractivity (Wildman–Crippen MR) is 130 cm³/mol. The van der Waals surface area contributed by atoms with Gasteiger partial charge < -0.3 is 10.1 Å². The molecule has 0 saturated carbocycles. The van der Waals surface area contributed by atoms with Gasteiger partial charge in [-0.25, -0.2) is 27.5 Å². The van der Waals surface area contributed by atoms with Crippen molar-refractivity contribution in [3.8, 4) is 17.0 Å². The number of nitrogens with zero attached hydrogens (tertiary/aromatic N) is 3. The molecule has 1 aliphatic heterocycles. The van der Waals surface area contributed by atoms with Crippen LogP contribution in [0.1, 0.15) is 44.5 Å². The Kier molecular flexibility index (Phi) is 6.58. The van der Waals surface area contributed by atoms with Crippen LogP contribution in [0.25, 0.3) is 22.2 Å². The Morgan fingerprint density at radius 2 is 1.94 bits per heavy atom. The maximum absolute atomic E-state index is 14.2. The number of sulfonamides is 1. The summed E-state index contributed by atoms with van der Waals surface area (Å²) in [5, 5.41) is 3.28. The van der Waals surface area contributed by atoms with Crippen molar-refractivity contribution in [1.29, 1.82) is 0 Å². The van der Waals surface area contributed by atoms with Gasteiger partial charge in [0.1, 0.15) is 5.82 Å². The smallest absolute Gasteiger partial charge is 0.221 e. The van der Waals surface area contributed by atoms with Crippen molar-refractivity contribution < 1.29 is 17.5 Å². The van der Waals surface area contributed by atoms with E-state index in [2.05, 4.69) is 40.8 Å². The van der Waals surface area contributed by atoms with Gasteiger partial charge in [0, 0.05) is 11.1 Å². The quantitative estimate of drug-likeness (QED) is 0.549. The summed E-state index contributed by atoms with van der Waals surface area (Å²) in [6.45, 7) is 7.74. The number of nitrogens with one attached hydrogen (secondary N) is 2. The summed E-state index contributed by atoms with van der Waals surface area (Å²) in [4.78, 5) is 13.6. The highest BCUT2D eigenvalue weighted by atomic mass is 32.2. The van der Waals surface area contributed by atoms with E-state index in [4.69, 9.17) is 9.72 Å². The molecule has 1 fully saturated rings. The zero-order valence-electron chi connectivity index (χ0n) is 20.0. The molecule has 8 nitrogen and oxygen atoms in total. The van der Waals surface area contributed by atoms with Crippen molar-refractivity contribution in [3.63, 3.8) is 0 Å². The lowest BCUT2D eigenvalue weighted by atomic mass is 9.84. The average molecular weight is 488 g/mol. The standard InChI is InChI=1S/C24H30FN5O3S/c1-24(2,3)15-8-17(18-10-16(25)12-28-23(18)33-4)22-19(9-15)29-20(13-27-22)21(30-34(5,31)32)14-6-7-26-11-14/h8-10,12-14,21,26,30H,6-7,11H2,1-5H3/t14?,21-/m0/s1. The molecule has 2 N–H and O–H groups in total. The third kappa shape index (κ3) is 5.18. The van der Waals surface area contributed by atoms with Crippen LogP contribution in [0.4, 0.5) is 4.39 Å². The Morgan fingerprint density at radius 3 is 2.56 bits per heavy atom. The topological polar surface area (TPSA) is 106 Å². The van der Waals surface area contributed by atoms with Crippen molar-refractivity contribution >= 4 is 21.1 Å². The number of fused-ring (bicyclic) bond motifs is 1. The zero-order chi connectivity index (χ0) is 24.7. The molecule has 0 bridgehead atoms. The van der Waals surface area contributed by atoms with Crippen molar-refractivity contribution in [2.75, 3.05) is 26.5 Å². The van der Waals surface area contributed by atoms with Gasteiger partial charge >= 0.3 is 0 Å². The van der Waals surface area contributed by atoms with Gasteiger partial charge in [-0.05, 0) is 54.6 Å². The minimum Gasteiger partial charge on any atom is -0.481 e. The van der Waals surface area contributed by atoms with Gasteiger partial charge in [0.15, 0.2) is 0 Å². The average Bonchev–Trinajstić information content (AvgIpc) is 3.29. The molecule has 3 heterocycles. The monoisotopic (exact) mass is 487 g/mol. The lowest BCUT2D eigenvalue weighted by Crippen LogP contribution is -2.34. The van der Waals surface area contributed by atoms with Crippen molar-refractivity contribution in [2.45, 2.75) is 38.6 Å². The van der Waals surface area contributed by atoms with Crippen LogP contribution in [0.2, 0.25) is 0 Å². The first-order chi connectivity index (χ1) is 16.0. The molecule has 182 valence electrons. The largest absolute Gasteiger partial charge is 0.481 e. The summed E-state index contributed by atoms with van der Waals surface area (Å²) < 4.78 is 46.6. The van der Waals surface area contributed by atoms with E-state index in [1.54, 1.807) is 6.20 Å². The number of ether oxygens (including phenoxy) is 1. The summed E-state index contributed by atoms with van der Waals surface area (Å²) >= 11 is 0. The Bertz CT molecular complexity index is 1320. The fourth-order valence-electron chi connectivity index (χ4n) is 4.30. The van der Waals surface area contributed by atoms with E-state index >= 15 is 0 Å². The molecule has 0 amide bonds. The fourth-order valence-corrected chi connectivity index (χ4v) is 5.07. The second-order valence-electron chi connectivity index (χ2n) is 9.77. The Hall–Kier alpha value is -2.69. The van der Waals surface area contributed by atoms with E-state index in [0.29, 0.717) is 34.4 Å². The van der Waals surface area contributed by atoms with Gasteiger partial charge in [0.05, 0.1) is 48.5 Å². The van der Waals surface area contributed by atoms with Crippen LogP contribution in [-0.2, 0) is 15.4 Å². The van der Waals surface area contributed by atoms with E-state index in [1.165, 1.54) is 13.2 Å². The molecule has 4 rings (SSSR count). The molecule has 0 spiro atoms. The first kappa shape index (κ1) is 24.4. The summed E-state index contributed by atoms with van der Waals surface area (Å²) in [5.74, 6) is -0.145. The molecule has 1 saturated heterocycles. The lowest BCUT2D eigenvalue weighted by molar-refractivity contribution is 0.397. The SMILES string of the molecule is COc1ncc(F)cc1-c1cc(C(C)(C)C)cc2nc([C@@H](NS(C)(=O)=O)C3CCNC3)cnc12. The number of pyridine rings is 1. The molecule has 0 radical (unpaired) electrons. The maximum Gasteiger partial charge on any atom is 0.221 e. The van der Waals surface area contributed by atoms with Gasteiger partial charge in [0.25, 0.3) is 0 Å². The summed E-state index contributed by atoms with van der Waals surface area (Å²) in [6.07, 6.45) is 4.68. The lowest BCUT2D eigenvalue weighted by Gasteiger charge is -2.24. The number of methoxy groups -OCH3 is 1. The minimum absolute atomic E-state index is 0.0549. The van der Waals surface area contributed by atoms with Crippen LogP contribution in [0, 0.1) is 11.7 Å². The Morgan fingerprint density at radius 1 is 1.18 bits per heavy atom. The molecule has 2 aromatic heterocycles. The van der Waals surface area contributed by atoms with Crippen LogP contribution in [0.5, 0.6) is 5.88 Å². The van der Waals surface area contributed by atoms with Crippen molar-refractivity contribution in [1.82, 2.24) is 25.0 Å². The summed E-state index contributed by atoms with van der Waals surface area (Å²) in [7, 11) is -1.98. The molecule has 10 heteroatoms. The molecule has 34 heavy (non-hydrogen) atoms. The normalized spacial score (nSPS) is 17.8. The van der Waals surface area contributed by atoms with Gasteiger partial charge in [-0.3, -0.25) is 4.98 Å². The van der Waals surface area contributed by atoms with Crippen LogP contribution < -0.4 is 14.8 Å². The molecule has 1 aliphatic rings. The van der Waals surface area contributed by atoms with Crippen LogP contribution in [0.15, 0.2) is 30.6 Å². The zero-order valence-corrected chi connectivity index (χ0v) is 20.8. The number of rotatable bonds is 6. The number of halogens is 1. The first-order valence-corrected chi connectivity index (χ1v) is 13.0. The highest BCUT2D eigenvalue weighted by molar-refractivity contribution is 7.88. The highest BCUT2D eigenvalue weighted by Gasteiger charge is 2.30. The number of benzene rings is 1. The molecular formula is C24H30FN5O3S. The Labute approximate surface area is 199 Å². The fraction of sp³-hybridized carbons (Fsp3) is 0.458. The first-order valence-electron chi connectivity index (χ1n) is 11.2. The number of aromatic nitrogens is 3. The van der Waals surface area contributed by atoms with Crippen LogP contribution >= 0.6 is 0 Å². The third-order valence-corrected chi connectivity index (χ3v) is 6.74. The molecule has 0 aliphatic carbocycles. The third-order valence-electron chi connectivity index (χ3n) is 6.06. The molecular weight excluding hydrogens is 457 g/mol. The molecule has 1 aromatic carbocycles. The summed E-state index contributed by atoms with van der Waals surface area (Å²) in [5.41, 5.74) is 3.58. The van der Waals surface area contributed by atoms with Crippen molar-refractivity contribution in [2.24, 2.45) is 5.92 Å². The maximum atomic E-state index is 14.2. The van der Waals surface area contributed by atoms with Gasteiger partial charge in [-0.15, -0.1) is 0 Å². The van der Waals surface area contributed by atoms with E-state index in [-0.39, 0.29) is 17.2 Å². The molecule has 2 atom stereocenters. The van der Waals surface area contributed by atoms with Gasteiger partial charge in [-0.2, -0.15) is 0 Å². The second-order valence-corrected chi connectivity index (χ2v) is 11.5. The molecule has 3 aromatic rings. The van der Waals surface area contributed by atoms with E-state index in [1.807, 2.05) is 12.1 Å². The van der Waals surface area contributed by atoms with Crippen LogP contribution in [0.3, 0.4) is 0 Å². The Balaban J connectivity index is 1.94.